The normalized spacial score (nSPS) is 12.5. The van der Waals surface area contributed by atoms with Gasteiger partial charge in [-0.2, -0.15) is 0 Å². The van der Waals surface area contributed by atoms with Crippen LogP contribution < -0.4 is 10.2 Å². The Hall–Kier alpha value is -1.66. The van der Waals surface area contributed by atoms with Crippen LogP contribution in [0.2, 0.25) is 0 Å². The van der Waals surface area contributed by atoms with Gasteiger partial charge in [-0.05, 0) is 38.0 Å². The molecule has 1 N–H and O–H groups in total. The molecular formula is C15H23N5S. The summed E-state index contributed by atoms with van der Waals surface area (Å²) in [4.78, 5) is 14.4. The van der Waals surface area contributed by atoms with Crippen LogP contribution in [0.1, 0.15) is 16.5 Å². The van der Waals surface area contributed by atoms with Crippen LogP contribution in [0.3, 0.4) is 0 Å². The van der Waals surface area contributed by atoms with Gasteiger partial charge in [-0.3, -0.25) is 0 Å². The van der Waals surface area contributed by atoms with Crippen LogP contribution in [-0.4, -0.2) is 49.6 Å². The van der Waals surface area contributed by atoms with E-state index in [1.807, 2.05) is 19.0 Å². The lowest BCUT2D eigenvalue weighted by atomic mass is 10.1. The molecule has 0 aliphatic heterocycles. The third-order valence-corrected chi connectivity index (χ3v) is 4.51. The van der Waals surface area contributed by atoms with Crippen molar-refractivity contribution in [3.63, 3.8) is 0 Å². The third kappa shape index (κ3) is 3.71. The Bertz CT molecular complexity index is 579. The van der Waals surface area contributed by atoms with Crippen LogP contribution in [0.25, 0.3) is 0 Å². The quantitative estimate of drug-likeness (QED) is 0.889. The van der Waals surface area contributed by atoms with Crippen molar-refractivity contribution < 1.29 is 0 Å². The summed E-state index contributed by atoms with van der Waals surface area (Å²) in [6.45, 7) is 2.96. The molecule has 0 spiro atoms. The Balaban J connectivity index is 2.15. The summed E-state index contributed by atoms with van der Waals surface area (Å²) < 4.78 is 0. The van der Waals surface area contributed by atoms with Crippen molar-refractivity contribution in [1.29, 1.82) is 0 Å². The van der Waals surface area contributed by atoms with Crippen molar-refractivity contribution in [1.82, 2.24) is 14.9 Å². The van der Waals surface area contributed by atoms with E-state index in [1.54, 1.807) is 23.7 Å². The highest BCUT2D eigenvalue weighted by atomic mass is 32.1. The molecule has 1 atom stereocenters. The average Bonchev–Trinajstić information content (AvgIpc) is 2.85. The number of rotatable bonds is 6. The van der Waals surface area contributed by atoms with Gasteiger partial charge in [-0.25, -0.2) is 9.97 Å². The van der Waals surface area contributed by atoms with E-state index >= 15 is 0 Å². The highest BCUT2D eigenvalue weighted by Crippen LogP contribution is 2.28. The lowest BCUT2D eigenvalue weighted by molar-refractivity contribution is 0.315. The number of aromatic nitrogens is 2. The number of likely N-dealkylation sites (N-methyl/N-ethyl adjacent to an activating group) is 1. The van der Waals surface area contributed by atoms with Gasteiger partial charge in [0.15, 0.2) is 11.6 Å². The van der Waals surface area contributed by atoms with Gasteiger partial charge in [-0.15, -0.1) is 11.3 Å². The molecular weight excluding hydrogens is 282 g/mol. The molecule has 1 unspecified atom stereocenters. The summed E-state index contributed by atoms with van der Waals surface area (Å²) in [5, 5.41) is 5.59. The molecule has 2 heterocycles. The molecule has 2 aromatic rings. The topological polar surface area (TPSA) is 44.3 Å². The van der Waals surface area contributed by atoms with Crippen LogP contribution in [-0.2, 0) is 0 Å². The van der Waals surface area contributed by atoms with E-state index in [4.69, 9.17) is 0 Å². The maximum Gasteiger partial charge on any atom is 0.171 e. The second kappa shape index (κ2) is 6.87. The van der Waals surface area contributed by atoms with Gasteiger partial charge in [-0.1, -0.05) is 0 Å². The first kappa shape index (κ1) is 15.7. The summed E-state index contributed by atoms with van der Waals surface area (Å²) in [6.07, 6.45) is 3.43. The minimum atomic E-state index is 0.321. The fraction of sp³-hybridized carbons (Fsp3) is 0.467. The maximum atomic E-state index is 4.40. The number of nitrogens with zero attached hydrogens (tertiary/aromatic N) is 4. The third-order valence-electron chi connectivity index (χ3n) is 3.39. The Morgan fingerprint density at radius 3 is 2.48 bits per heavy atom. The van der Waals surface area contributed by atoms with Crippen molar-refractivity contribution in [2.45, 2.75) is 13.0 Å². The maximum absolute atomic E-state index is 4.40. The lowest BCUT2D eigenvalue weighted by Crippen LogP contribution is -2.27. The van der Waals surface area contributed by atoms with E-state index < -0.39 is 0 Å². The van der Waals surface area contributed by atoms with Crippen molar-refractivity contribution in [2.24, 2.45) is 0 Å². The highest BCUT2D eigenvalue weighted by Gasteiger charge is 2.18. The summed E-state index contributed by atoms with van der Waals surface area (Å²) in [5.74, 6) is 1.68. The molecule has 0 aliphatic carbocycles. The average molecular weight is 305 g/mol. The number of thiophene rings is 1. The number of hydrogen-bond acceptors (Lipinski definition) is 6. The zero-order valence-corrected chi connectivity index (χ0v) is 14.1. The molecule has 5 nitrogen and oxygen atoms in total. The van der Waals surface area contributed by atoms with Crippen molar-refractivity contribution >= 4 is 23.0 Å². The van der Waals surface area contributed by atoms with E-state index in [1.165, 1.54) is 10.4 Å². The van der Waals surface area contributed by atoms with Crippen molar-refractivity contribution in [3.8, 4) is 0 Å². The smallest absolute Gasteiger partial charge is 0.171 e. The first-order chi connectivity index (χ1) is 10.0. The molecule has 0 radical (unpaired) electrons. The highest BCUT2D eigenvalue weighted by molar-refractivity contribution is 7.10. The number of hydrogen-bond donors (Lipinski definition) is 1. The molecule has 0 amide bonds. The van der Waals surface area contributed by atoms with Crippen LogP contribution in [0.5, 0.6) is 0 Å². The summed E-state index contributed by atoms with van der Waals surface area (Å²) in [6, 6.07) is 2.49. The van der Waals surface area contributed by atoms with Gasteiger partial charge in [0.25, 0.3) is 0 Å². The van der Waals surface area contributed by atoms with Gasteiger partial charge in [0, 0.05) is 37.9 Å². The van der Waals surface area contributed by atoms with Gasteiger partial charge in [0.1, 0.15) is 0 Å². The second-order valence-corrected chi connectivity index (χ2v) is 6.40. The first-order valence-corrected chi connectivity index (χ1v) is 7.81. The zero-order chi connectivity index (χ0) is 15.4. The Morgan fingerprint density at radius 2 is 1.90 bits per heavy atom. The summed E-state index contributed by atoms with van der Waals surface area (Å²) in [5.41, 5.74) is 1.34. The summed E-state index contributed by atoms with van der Waals surface area (Å²) >= 11 is 1.80. The number of anilines is 2. The van der Waals surface area contributed by atoms with Crippen LogP contribution in [0.15, 0.2) is 23.8 Å². The van der Waals surface area contributed by atoms with Crippen LogP contribution >= 0.6 is 11.3 Å². The fourth-order valence-corrected chi connectivity index (χ4v) is 3.34. The Kier molecular flexibility index (Phi) is 5.14. The molecule has 0 saturated carbocycles. The zero-order valence-electron chi connectivity index (χ0n) is 13.3. The minimum absolute atomic E-state index is 0.321. The van der Waals surface area contributed by atoms with Gasteiger partial charge in [0.2, 0.25) is 0 Å². The van der Waals surface area contributed by atoms with Crippen LogP contribution in [0.4, 0.5) is 11.6 Å². The molecule has 21 heavy (non-hydrogen) atoms. The van der Waals surface area contributed by atoms with E-state index in [0.717, 1.165) is 18.2 Å². The van der Waals surface area contributed by atoms with E-state index in [2.05, 4.69) is 52.7 Å². The molecule has 6 heteroatoms. The Labute approximate surface area is 130 Å². The second-order valence-electron chi connectivity index (χ2n) is 5.45. The molecule has 2 aromatic heterocycles. The molecule has 2 rings (SSSR count). The van der Waals surface area contributed by atoms with Gasteiger partial charge < -0.3 is 15.1 Å². The molecule has 0 fully saturated rings. The predicted octanol–water partition coefficient (Wildman–Crippen LogP) is 2.63. The molecule has 114 valence electrons. The molecule has 0 bridgehead atoms. The van der Waals surface area contributed by atoms with Crippen molar-refractivity contribution in [2.75, 3.05) is 45.0 Å². The number of aryl methyl sites for hydroxylation is 1. The first-order valence-electron chi connectivity index (χ1n) is 6.93. The fourth-order valence-electron chi connectivity index (χ4n) is 2.21. The predicted molar refractivity (Wildman–Crippen MR) is 90.3 cm³/mol. The molecule has 0 aromatic carbocycles. The van der Waals surface area contributed by atoms with E-state index in [9.17, 15) is 0 Å². The standard InChI is InChI=1S/C15H23N5S/c1-11-6-9-21-13(11)12(19(2)3)10-18-14-15(20(4)5)17-8-7-16-14/h6-9,12H,10H2,1-5H3,(H,16,18). The SMILES string of the molecule is Cc1ccsc1C(CNc1nccnc1N(C)C)N(C)C. The van der Waals surface area contributed by atoms with Gasteiger partial charge >= 0.3 is 0 Å². The lowest BCUT2D eigenvalue weighted by Gasteiger charge is -2.25. The van der Waals surface area contributed by atoms with Crippen molar-refractivity contribution in [3.05, 3.63) is 34.3 Å². The number of nitrogens with one attached hydrogen (secondary N) is 1. The molecule has 0 aliphatic rings. The monoisotopic (exact) mass is 305 g/mol. The van der Waals surface area contributed by atoms with Gasteiger partial charge in [0.05, 0.1) is 6.04 Å². The minimum Gasteiger partial charge on any atom is -0.365 e. The largest absolute Gasteiger partial charge is 0.365 e. The van der Waals surface area contributed by atoms with E-state index in [0.29, 0.717) is 6.04 Å². The Morgan fingerprint density at radius 1 is 1.19 bits per heavy atom. The molecule has 0 saturated heterocycles. The van der Waals surface area contributed by atoms with E-state index in [-0.39, 0.29) is 0 Å². The van der Waals surface area contributed by atoms with Crippen LogP contribution in [0, 0.1) is 6.92 Å². The summed E-state index contributed by atoms with van der Waals surface area (Å²) in [7, 11) is 8.16.